The fourth-order valence-corrected chi connectivity index (χ4v) is 9.83. The van der Waals surface area contributed by atoms with E-state index in [1.807, 2.05) is 6.07 Å². The highest BCUT2D eigenvalue weighted by Gasteiger charge is 2.42. The fourth-order valence-electron chi connectivity index (χ4n) is 9.83. The summed E-state index contributed by atoms with van der Waals surface area (Å²) >= 11 is 0. The summed E-state index contributed by atoms with van der Waals surface area (Å²) in [4.78, 5) is 4.91. The van der Waals surface area contributed by atoms with E-state index < -0.39 is 0 Å². The number of nitriles is 1. The summed E-state index contributed by atoms with van der Waals surface area (Å²) in [6, 6.07) is 51.6. The van der Waals surface area contributed by atoms with Gasteiger partial charge in [-0.05, 0) is 130 Å². The molecule has 3 nitrogen and oxygen atoms in total. The van der Waals surface area contributed by atoms with E-state index >= 15 is 0 Å². The lowest BCUT2D eigenvalue weighted by Gasteiger charge is -2.42. The second-order valence-electron chi connectivity index (χ2n) is 15.8. The molecule has 0 spiro atoms. The van der Waals surface area contributed by atoms with Gasteiger partial charge in [-0.3, -0.25) is 0 Å². The Morgan fingerprint density at radius 1 is 0.400 bits per heavy atom. The van der Waals surface area contributed by atoms with Gasteiger partial charge in [0.2, 0.25) is 13.4 Å². The van der Waals surface area contributed by atoms with Crippen LogP contribution >= 0.6 is 0 Å². The Labute approximate surface area is 326 Å². The van der Waals surface area contributed by atoms with Crippen LogP contribution in [0, 0.1) is 59.8 Å². The first-order chi connectivity index (χ1) is 26.6. The molecule has 0 aliphatic carbocycles. The monoisotopic (exact) mass is 707 g/mol. The minimum Gasteiger partial charge on any atom is -0.311 e. The lowest BCUT2D eigenvalue weighted by Crippen LogP contribution is -2.63. The van der Waals surface area contributed by atoms with Gasteiger partial charge in [-0.15, -0.1) is 0 Å². The molecule has 264 valence electrons. The zero-order valence-electron chi connectivity index (χ0n) is 32.7. The zero-order chi connectivity index (χ0) is 38.1. The summed E-state index contributed by atoms with van der Waals surface area (Å²) in [5.74, 6) is 0. The first kappa shape index (κ1) is 34.5. The molecule has 0 aromatic heterocycles. The molecule has 0 saturated heterocycles. The molecule has 7 aromatic rings. The van der Waals surface area contributed by atoms with Crippen molar-refractivity contribution in [2.45, 2.75) is 48.5 Å². The fraction of sp³-hybridized carbons (Fsp3) is 0.140. The highest BCUT2D eigenvalue weighted by atomic mass is 15.2. The van der Waals surface area contributed by atoms with Crippen LogP contribution in [0.15, 0.2) is 133 Å². The number of hydrogen-bond acceptors (Lipinski definition) is 3. The third-order valence-corrected chi connectivity index (χ3v) is 11.8. The number of benzene rings is 7. The summed E-state index contributed by atoms with van der Waals surface area (Å²) in [6.45, 7) is 15.6. The molecule has 0 saturated carbocycles. The van der Waals surface area contributed by atoms with Crippen LogP contribution in [0.25, 0.3) is 0 Å². The van der Waals surface area contributed by atoms with Gasteiger partial charge in [0.05, 0.1) is 11.6 Å². The summed E-state index contributed by atoms with van der Waals surface area (Å²) in [6.07, 6.45) is 0. The molecular formula is C50H43B2N3. The third-order valence-electron chi connectivity index (χ3n) is 11.8. The molecule has 9 rings (SSSR count). The van der Waals surface area contributed by atoms with Crippen LogP contribution in [-0.2, 0) is 0 Å². The van der Waals surface area contributed by atoms with Gasteiger partial charge in [0.1, 0.15) is 0 Å². The molecule has 2 aliphatic rings. The van der Waals surface area contributed by atoms with Gasteiger partial charge in [-0.1, -0.05) is 123 Å². The zero-order valence-corrected chi connectivity index (χ0v) is 32.7. The maximum Gasteiger partial charge on any atom is 0.247 e. The molecule has 0 unspecified atom stereocenters. The summed E-state index contributed by atoms with van der Waals surface area (Å²) in [5.41, 5.74) is 24.1. The molecular weight excluding hydrogens is 664 g/mol. The first-order valence-corrected chi connectivity index (χ1v) is 19.3. The van der Waals surface area contributed by atoms with Gasteiger partial charge >= 0.3 is 0 Å². The maximum absolute atomic E-state index is 10.3. The number of nitrogens with zero attached hydrogens (tertiary/aromatic N) is 3. The highest BCUT2D eigenvalue weighted by Crippen LogP contribution is 2.42. The van der Waals surface area contributed by atoms with Gasteiger partial charge in [0, 0.05) is 34.1 Å². The molecule has 0 amide bonds. The predicted octanol–water partition coefficient (Wildman–Crippen LogP) is 8.32. The van der Waals surface area contributed by atoms with E-state index in [2.05, 4.69) is 192 Å². The Kier molecular flexibility index (Phi) is 8.32. The Morgan fingerprint density at radius 3 is 1.36 bits per heavy atom. The molecule has 0 radical (unpaired) electrons. The average Bonchev–Trinajstić information content (AvgIpc) is 3.16. The molecule has 2 aliphatic heterocycles. The number of aryl methyl sites for hydroxylation is 7. The van der Waals surface area contributed by atoms with Crippen molar-refractivity contribution >= 4 is 80.3 Å². The van der Waals surface area contributed by atoms with E-state index in [-0.39, 0.29) is 13.4 Å². The van der Waals surface area contributed by atoms with E-state index in [4.69, 9.17) is 0 Å². The van der Waals surface area contributed by atoms with Crippen LogP contribution in [0.5, 0.6) is 0 Å². The molecule has 0 N–H and O–H groups in total. The Hall–Kier alpha value is -6.24. The standard InChI is InChI=1S/C50H43B2N3/c1-31-18-20-41-46(26-31)55(40-16-12-9-13-17-40)48-29-47-44(28-43(48)51(41)49-34(4)22-32(2)23-35(49)5)52(50-36(6)24-33(3)25-37(50)7)42-27-38(30-53)19-21-45(42)54(47)39-14-10-8-11-15-39/h8-29H,1-7H3. The summed E-state index contributed by atoms with van der Waals surface area (Å²) < 4.78 is 0. The molecule has 2 heterocycles. The highest BCUT2D eigenvalue weighted by molar-refractivity contribution is 7.01. The Bertz CT molecular complexity index is 2670. The van der Waals surface area contributed by atoms with Gasteiger partial charge in [-0.2, -0.15) is 5.26 Å². The normalized spacial score (nSPS) is 12.8. The largest absolute Gasteiger partial charge is 0.311 e. The van der Waals surface area contributed by atoms with E-state index in [9.17, 15) is 5.26 Å². The number of fused-ring (bicyclic) bond motifs is 4. The van der Waals surface area contributed by atoms with Crippen LogP contribution in [0.2, 0.25) is 0 Å². The molecule has 7 aromatic carbocycles. The van der Waals surface area contributed by atoms with Crippen molar-refractivity contribution in [1.82, 2.24) is 0 Å². The van der Waals surface area contributed by atoms with E-state index in [0.29, 0.717) is 5.56 Å². The van der Waals surface area contributed by atoms with Gasteiger partial charge in [0.25, 0.3) is 0 Å². The van der Waals surface area contributed by atoms with Gasteiger partial charge in [-0.25, -0.2) is 0 Å². The van der Waals surface area contributed by atoms with Gasteiger partial charge < -0.3 is 9.80 Å². The van der Waals surface area contributed by atoms with Crippen molar-refractivity contribution in [2.75, 3.05) is 9.80 Å². The smallest absolute Gasteiger partial charge is 0.247 e. The molecule has 55 heavy (non-hydrogen) atoms. The Morgan fingerprint density at radius 2 is 0.855 bits per heavy atom. The van der Waals surface area contributed by atoms with Crippen molar-refractivity contribution in [2.24, 2.45) is 0 Å². The van der Waals surface area contributed by atoms with Crippen molar-refractivity contribution in [1.29, 1.82) is 5.26 Å². The van der Waals surface area contributed by atoms with Crippen LogP contribution < -0.4 is 42.6 Å². The third kappa shape index (κ3) is 5.59. The topological polar surface area (TPSA) is 30.3 Å². The predicted molar refractivity (Wildman–Crippen MR) is 236 cm³/mol. The molecule has 0 bridgehead atoms. The summed E-state index contributed by atoms with van der Waals surface area (Å²) in [5, 5.41) is 10.3. The SMILES string of the molecule is Cc1cc(C)c(B2c3cc(C#N)ccc3N(c3ccccc3)c3cc4c(cc32)B(c2c(C)cc(C)cc2C)c2ccc(C)cc2N4c2ccccc2)c(C)c1. The lowest BCUT2D eigenvalue weighted by molar-refractivity contribution is 1.25. The van der Waals surface area contributed by atoms with Crippen molar-refractivity contribution < 1.29 is 0 Å². The maximum atomic E-state index is 10.3. The molecule has 5 heteroatoms. The lowest BCUT2D eigenvalue weighted by atomic mass is 9.30. The van der Waals surface area contributed by atoms with E-state index in [1.165, 1.54) is 77.6 Å². The molecule has 0 fully saturated rings. The Balaban J connectivity index is 1.45. The van der Waals surface area contributed by atoms with Crippen molar-refractivity contribution in [3.8, 4) is 6.07 Å². The van der Waals surface area contributed by atoms with Crippen molar-refractivity contribution in [3.63, 3.8) is 0 Å². The van der Waals surface area contributed by atoms with Crippen molar-refractivity contribution in [3.05, 3.63) is 178 Å². The first-order valence-electron chi connectivity index (χ1n) is 19.3. The van der Waals surface area contributed by atoms with Gasteiger partial charge in [0.15, 0.2) is 0 Å². The van der Waals surface area contributed by atoms with Crippen LogP contribution in [0.3, 0.4) is 0 Å². The van der Waals surface area contributed by atoms with E-state index in [1.54, 1.807) is 0 Å². The molecule has 0 atom stereocenters. The summed E-state index contributed by atoms with van der Waals surface area (Å²) in [7, 11) is 0. The van der Waals surface area contributed by atoms with Crippen LogP contribution in [0.1, 0.15) is 44.5 Å². The number of para-hydroxylation sites is 2. The van der Waals surface area contributed by atoms with Crippen LogP contribution in [-0.4, -0.2) is 13.4 Å². The second-order valence-corrected chi connectivity index (χ2v) is 15.8. The number of rotatable bonds is 4. The minimum atomic E-state index is -0.0883. The quantitative estimate of drug-likeness (QED) is 0.173. The average molecular weight is 708 g/mol. The number of anilines is 6. The minimum absolute atomic E-state index is 0.00865. The number of hydrogen-bond donors (Lipinski definition) is 0. The second kappa shape index (κ2) is 13.3. The van der Waals surface area contributed by atoms with Crippen LogP contribution in [0.4, 0.5) is 34.1 Å². The van der Waals surface area contributed by atoms with E-state index in [0.717, 1.165) is 28.2 Å².